The third kappa shape index (κ3) is 5.10. The van der Waals surface area contributed by atoms with E-state index in [-0.39, 0.29) is 0 Å². The highest BCUT2D eigenvalue weighted by molar-refractivity contribution is 6.04. The highest BCUT2D eigenvalue weighted by Gasteiger charge is 2.46. The predicted octanol–water partition coefficient (Wildman–Crippen LogP) is 13.2. The van der Waals surface area contributed by atoms with Gasteiger partial charge in [0, 0.05) is 45.1 Å². The summed E-state index contributed by atoms with van der Waals surface area (Å²) in [5.41, 5.74) is 16.8. The number of nitrogens with zero attached hydrogens (tertiary/aromatic N) is 4. The second-order valence-electron chi connectivity index (χ2n) is 15.4. The number of hydrogen-bond donors (Lipinski definition) is 0. The van der Waals surface area contributed by atoms with Crippen LogP contribution < -0.4 is 0 Å². The van der Waals surface area contributed by atoms with Gasteiger partial charge in [-0.2, -0.15) is 0 Å². The fourth-order valence-electron chi connectivity index (χ4n) is 9.55. The first-order valence-corrected chi connectivity index (χ1v) is 20.0. The molecule has 1 aliphatic rings. The Balaban J connectivity index is 1.02. The molecule has 0 saturated heterocycles. The number of pyridine rings is 4. The number of benzene rings is 7. The van der Waals surface area contributed by atoms with E-state index in [0.29, 0.717) is 0 Å². The van der Waals surface area contributed by atoms with Crippen LogP contribution in [0.3, 0.4) is 0 Å². The van der Waals surface area contributed by atoms with E-state index in [2.05, 4.69) is 182 Å². The molecule has 0 unspecified atom stereocenters. The molecule has 4 heterocycles. The Kier molecular flexibility index (Phi) is 7.41. The van der Waals surface area contributed by atoms with Gasteiger partial charge >= 0.3 is 0 Å². The minimum absolute atomic E-state index is 0.569. The maximum absolute atomic E-state index is 5.26. The molecule has 1 aliphatic carbocycles. The SMILES string of the molecule is c1cc(-c2ccc3ccc4cccnc4c3n2)cc(C2(c3ccc(-c4ccccc4-c4ccc5ccc6cccnc6c5n4)cc3)c3ccccc3-c3ccccc32)c1. The summed E-state index contributed by atoms with van der Waals surface area (Å²) in [6.07, 6.45) is 3.69. The first-order valence-electron chi connectivity index (χ1n) is 20.0. The van der Waals surface area contributed by atoms with Gasteiger partial charge in [0.1, 0.15) is 0 Å². The number of hydrogen-bond acceptors (Lipinski definition) is 4. The molecule has 11 aromatic rings. The van der Waals surface area contributed by atoms with E-state index >= 15 is 0 Å². The third-order valence-corrected chi connectivity index (χ3v) is 12.2. The molecule has 274 valence electrons. The zero-order chi connectivity index (χ0) is 38.9. The Labute approximate surface area is 341 Å². The van der Waals surface area contributed by atoms with Crippen LogP contribution in [0.15, 0.2) is 207 Å². The second kappa shape index (κ2) is 13.1. The van der Waals surface area contributed by atoms with Crippen LogP contribution in [0.1, 0.15) is 22.3 Å². The minimum atomic E-state index is -0.569. The summed E-state index contributed by atoms with van der Waals surface area (Å²) in [7, 11) is 0. The maximum atomic E-state index is 5.26. The van der Waals surface area contributed by atoms with Crippen molar-refractivity contribution in [1.82, 2.24) is 19.9 Å². The number of rotatable bonds is 5. The fraction of sp³-hybridized carbons (Fsp3) is 0.0182. The molecule has 7 aromatic carbocycles. The molecule has 12 rings (SSSR count). The highest BCUT2D eigenvalue weighted by atomic mass is 14.8. The molecule has 0 N–H and O–H groups in total. The Bertz CT molecular complexity index is 3410. The summed E-state index contributed by atoms with van der Waals surface area (Å²) in [4.78, 5) is 19.9. The van der Waals surface area contributed by atoms with Gasteiger partial charge in [0.15, 0.2) is 0 Å². The van der Waals surface area contributed by atoms with Crippen LogP contribution in [0.2, 0.25) is 0 Å². The van der Waals surface area contributed by atoms with Crippen molar-refractivity contribution in [3.8, 4) is 44.8 Å². The smallest absolute Gasteiger partial charge is 0.0972 e. The lowest BCUT2D eigenvalue weighted by Gasteiger charge is -2.34. The van der Waals surface area contributed by atoms with Crippen molar-refractivity contribution in [2.24, 2.45) is 0 Å². The summed E-state index contributed by atoms with van der Waals surface area (Å²) in [5.74, 6) is 0. The van der Waals surface area contributed by atoms with Gasteiger partial charge in [-0.05, 0) is 74.8 Å². The van der Waals surface area contributed by atoms with Gasteiger partial charge in [-0.15, -0.1) is 0 Å². The molecule has 0 saturated carbocycles. The van der Waals surface area contributed by atoms with Crippen molar-refractivity contribution < 1.29 is 0 Å². The number of fused-ring (bicyclic) bond motifs is 9. The Morgan fingerprint density at radius 2 is 0.814 bits per heavy atom. The van der Waals surface area contributed by atoms with E-state index in [4.69, 9.17) is 19.9 Å². The summed E-state index contributed by atoms with van der Waals surface area (Å²) < 4.78 is 0. The van der Waals surface area contributed by atoms with Gasteiger partial charge < -0.3 is 0 Å². The van der Waals surface area contributed by atoms with E-state index in [1.165, 1.54) is 33.4 Å². The van der Waals surface area contributed by atoms with Gasteiger partial charge in [-0.25, -0.2) is 9.97 Å². The fourth-order valence-corrected chi connectivity index (χ4v) is 9.55. The Morgan fingerprint density at radius 1 is 0.305 bits per heavy atom. The summed E-state index contributed by atoms with van der Waals surface area (Å²) in [6.45, 7) is 0. The number of aromatic nitrogens is 4. The molecule has 4 nitrogen and oxygen atoms in total. The highest BCUT2D eigenvalue weighted by Crippen LogP contribution is 2.56. The van der Waals surface area contributed by atoms with Gasteiger partial charge in [0.25, 0.3) is 0 Å². The monoisotopic (exact) mass is 750 g/mol. The lowest BCUT2D eigenvalue weighted by atomic mass is 9.67. The molecule has 0 aliphatic heterocycles. The zero-order valence-electron chi connectivity index (χ0n) is 31.9. The van der Waals surface area contributed by atoms with Gasteiger partial charge in [0.2, 0.25) is 0 Å². The lowest BCUT2D eigenvalue weighted by molar-refractivity contribution is 0.769. The molecule has 4 aromatic heterocycles. The summed E-state index contributed by atoms with van der Waals surface area (Å²) in [5, 5.41) is 4.33. The topological polar surface area (TPSA) is 51.6 Å². The lowest BCUT2D eigenvalue weighted by Crippen LogP contribution is -2.28. The van der Waals surface area contributed by atoms with Crippen LogP contribution in [0.25, 0.3) is 88.4 Å². The average molecular weight is 751 g/mol. The summed E-state index contributed by atoms with van der Waals surface area (Å²) >= 11 is 0. The van der Waals surface area contributed by atoms with Crippen molar-refractivity contribution in [3.63, 3.8) is 0 Å². The molecular weight excluding hydrogens is 717 g/mol. The third-order valence-electron chi connectivity index (χ3n) is 12.2. The molecule has 0 amide bonds. The van der Waals surface area contributed by atoms with Crippen LogP contribution in [0.5, 0.6) is 0 Å². The van der Waals surface area contributed by atoms with E-state index in [1.807, 2.05) is 24.5 Å². The maximum Gasteiger partial charge on any atom is 0.0972 e. The van der Waals surface area contributed by atoms with Crippen LogP contribution in [0.4, 0.5) is 0 Å². The van der Waals surface area contributed by atoms with E-state index in [0.717, 1.165) is 77.3 Å². The van der Waals surface area contributed by atoms with E-state index in [1.54, 1.807) is 0 Å². The molecule has 0 bridgehead atoms. The minimum Gasteiger partial charge on any atom is -0.254 e. The van der Waals surface area contributed by atoms with Crippen molar-refractivity contribution in [3.05, 3.63) is 229 Å². The van der Waals surface area contributed by atoms with Gasteiger partial charge in [-0.3, -0.25) is 9.97 Å². The van der Waals surface area contributed by atoms with Crippen LogP contribution in [0, 0.1) is 0 Å². The van der Waals surface area contributed by atoms with Crippen LogP contribution in [-0.2, 0) is 5.41 Å². The van der Waals surface area contributed by atoms with Gasteiger partial charge in [-0.1, -0.05) is 164 Å². The zero-order valence-corrected chi connectivity index (χ0v) is 31.9. The van der Waals surface area contributed by atoms with Crippen molar-refractivity contribution in [2.45, 2.75) is 5.41 Å². The molecule has 59 heavy (non-hydrogen) atoms. The molecule has 0 radical (unpaired) electrons. The average Bonchev–Trinajstić information content (AvgIpc) is 3.62. The molecule has 4 heteroatoms. The predicted molar refractivity (Wildman–Crippen MR) is 241 cm³/mol. The summed E-state index contributed by atoms with van der Waals surface area (Å²) in [6, 6.07) is 69.8. The van der Waals surface area contributed by atoms with Crippen LogP contribution >= 0.6 is 0 Å². The first kappa shape index (κ1) is 33.3. The van der Waals surface area contributed by atoms with Crippen molar-refractivity contribution in [1.29, 1.82) is 0 Å². The molecule has 0 spiro atoms. The van der Waals surface area contributed by atoms with Crippen molar-refractivity contribution in [2.75, 3.05) is 0 Å². The van der Waals surface area contributed by atoms with Gasteiger partial charge in [0.05, 0.1) is 38.9 Å². The van der Waals surface area contributed by atoms with Crippen LogP contribution in [-0.4, -0.2) is 19.9 Å². The van der Waals surface area contributed by atoms with Crippen molar-refractivity contribution >= 4 is 43.6 Å². The normalized spacial score (nSPS) is 12.9. The largest absolute Gasteiger partial charge is 0.254 e. The molecule has 0 atom stereocenters. The Hall–Kier alpha value is -7.82. The molecular formula is C55H34N4. The van der Waals surface area contributed by atoms with E-state index < -0.39 is 5.41 Å². The first-order chi connectivity index (χ1) is 29.2. The Morgan fingerprint density at radius 3 is 1.44 bits per heavy atom. The standard InChI is InChI=1S/C55H34N4/c1-2-17-46(50-31-27-39-23-21-37-12-9-33-57-52(37)54(39)59-50)43(14-1)35-24-28-41(29-25-35)55(47-18-5-3-15-44(47)45-16-4-6-19-48(45)55)42-13-7-10-40(34-42)49-30-26-38-22-20-36-11-8-32-56-51(36)53(38)58-49/h1-34H. The second-order valence-corrected chi connectivity index (χ2v) is 15.4. The van der Waals surface area contributed by atoms with E-state index in [9.17, 15) is 0 Å². The quantitative estimate of drug-likeness (QED) is 0.164. The molecule has 0 fully saturated rings.